The van der Waals surface area contributed by atoms with Gasteiger partial charge in [-0.1, -0.05) is 129 Å². The van der Waals surface area contributed by atoms with Crippen LogP contribution in [0.15, 0.2) is 0 Å². The smallest absolute Gasteiger partial charge is 0.0466 e. The molecule has 0 aromatic rings. The molecule has 0 heterocycles. The second-order valence-corrected chi connectivity index (χ2v) is 7.98. The van der Waals surface area contributed by atoms with Gasteiger partial charge in [0.05, 0.1) is 0 Å². The summed E-state index contributed by atoms with van der Waals surface area (Å²) >= 11 is 0. The van der Waals surface area contributed by atoms with E-state index in [1.165, 1.54) is 128 Å². The first kappa shape index (κ1) is 25.0. The molecule has 0 radical (unpaired) electrons. The van der Waals surface area contributed by atoms with Crippen LogP contribution in [0.2, 0.25) is 0 Å². The van der Waals surface area contributed by atoms with Gasteiger partial charge < -0.3 is 4.74 Å². The Labute approximate surface area is 160 Å². The fourth-order valence-electron chi connectivity index (χ4n) is 3.49. The Balaban J connectivity index is 2.94. The minimum absolute atomic E-state index is 0.993. The lowest BCUT2D eigenvalue weighted by Crippen LogP contribution is -1.97. The normalized spacial score (nSPS) is 11.3. The molecule has 0 rings (SSSR count). The second-order valence-electron chi connectivity index (χ2n) is 7.98. The Hall–Kier alpha value is -0.0400. The highest BCUT2D eigenvalue weighted by Gasteiger charge is 1.95. The molecular formula is C24H50O. The largest absolute Gasteiger partial charge is 0.381 e. The molecule has 0 aliphatic carbocycles. The third kappa shape index (κ3) is 24.0. The second kappa shape index (κ2) is 24.0. The molecule has 0 atom stereocenters. The Bertz CT molecular complexity index is 192. The van der Waals surface area contributed by atoms with Gasteiger partial charge in [0.15, 0.2) is 0 Å². The minimum atomic E-state index is 0.993. The molecule has 0 fully saturated rings. The third-order valence-corrected chi connectivity index (χ3v) is 5.28. The van der Waals surface area contributed by atoms with Crippen LogP contribution < -0.4 is 0 Å². The average Bonchev–Trinajstić information content (AvgIpc) is 2.63. The van der Waals surface area contributed by atoms with E-state index in [9.17, 15) is 0 Å². The highest BCUT2D eigenvalue weighted by molar-refractivity contribution is 4.49. The van der Waals surface area contributed by atoms with E-state index in [4.69, 9.17) is 4.74 Å². The SMILES string of the molecule is CCCCCCCCCCCCCCOCCCCCCCCCC. The maximum Gasteiger partial charge on any atom is 0.0466 e. The molecule has 0 unspecified atom stereocenters. The summed E-state index contributed by atoms with van der Waals surface area (Å²) in [4.78, 5) is 0. The van der Waals surface area contributed by atoms with E-state index in [2.05, 4.69) is 13.8 Å². The van der Waals surface area contributed by atoms with Crippen molar-refractivity contribution in [3.05, 3.63) is 0 Å². The van der Waals surface area contributed by atoms with E-state index in [0.29, 0.717) is 0 Å². The monoisotopic (exact) mass is 354 g/mol. The molecule has 0 N–H and O–H groups in total. The summed E-state index contributed by atoms with van der Waals surface area (Å²) in [5.41, 5.74) is 0. The standard InChI is InChI=1S/C24H50O/c1-3-5-7-9-11-13-14-15-16-18-20-22-24-25-23-21-19-17-12-10-8-6-4-2/h3-24H2,1-2H3. The molecule has 1 heteroatoms. The average molecular weight is 355 g/mol. The maximum absolute atomic E-state index is 5.77. The predicted molar refractivity (Wildman–Crippen MR) is 115 cm³/mol. The van der Waals surface area contributed by atoms with E-state index < -0.39 is 0 Å². The number of ether oxygens (including phenoxy) is 1. The van der Waals surface area contributed by atoms with Crippen LogP contribution in [0.4, 0.5) is 0 Å². The van der Waals surface area contributed by atoms with Crippen LogP contribution in [0.3, 0.4) is 0 Å². The molecular weight excluding hydrogens is 304 g/mol. The molecule has 0 bridgehead atoms. The van der Waals surface area contributed by atoms with Crippen molar-refractivity contribution < 1.29 is 4.74 Å². The van der Waals surface area contributed by atoms with E-state index in [0.717, 1.165) is 13.2 Å². The topological polar surface area (TPSA) is 9.23 Å². The Morgan fingerprint density at radius 1 is 0.320 bits per heavy atom. The molecule has 0 saturated carbocycles. The molecule has 0 aliphatic rings. The summed E-state index contributed by atoms with van der Waals surface area (Å²) in [6.45, 7) is 6.57. The van der Waals surface area contributed by atoms with Gasteiger partial charge in [0.1, 0.15) is 0 Å². The summed E-state index contributed by atoms with van der Waals surface area (Å²) in [5.74, 6) is 0. The van der Waals surface area contributed by atoms with Crippen LogP contribution in [0.1, 0.15) is 142 Å². The zero-order chi connectivity index (χ0) is 18.3. The zero-order valence-electron chi connectivity index (χ0n) is 18.0. The highest BCUT2D eigenvalue weighted by atomic mass is 16.5. The van der Waals surface area contributed by atoms with Gasteiger partial charge >= 0.3 is 0 Å². The van der Waals surface area contributed by atoms with Gasteiger partial charge in [-0.25, -0.2) is 0 Å². The van der Waals surface area contributed by atoms with Crippen LogP contribution in [0.25, 0.3) is 0 Å². The van der Waals surface area contributed by atoms with Crippen molar-refractivity contribution in [2.24, 2.45) is 0 Å². The summed E-state index contributed by atoms with van der Waals surface area (Å²) in [6, 6.07) is 0. The summed E-state index contributed by atoms with van der Waals surface area (Å²) < 4.78 is 5.77. The van der Waals surface area contributed by atoms with E-state index in [-0.39, 0.29) is 0 Å². The van der Waals surface area contributed by atoms with Crippen LogP contribution in [-0.2, 0) is 4.74 Å². The maximum atomic E-state index is 5.77. The first-order valence-electron chi connectivity index (χ1n) is 12.0. The van der Waals surface area contributed by atoms with Crippen molar-refractivity contribution in [3.63, 3.8) is 0 Å². The molecule has 0 aliphatic heterocycles. The first-order chi connectivity index (χ1) is 12.4. The van der Waals surface area contributed by atoms with Crippen molar-refractivity contribution in [2.45, 2.75) is 142 Å². The Morgan fingerprint density at radius 3 is 0.840 bits per heavy atom. The van der Waals surface area contributed by atoms with E-state index in [1.807, 2.05) is 0 Å². The number of hydrogen-bond donors (Lipinski definition) is 0. The first-order valence-corrected chi connectivity index (χ1v) is 12.0. The lowest BCUT2D eigenvalue weighted by atomic mass is 10.1. The zero-order valence-corrected chi connectivity index (χ0v) is 18.0. The number of hydrogen-bond acceptors (Lipinski definition) is 1. The molecule has 0 saturated heterocycles. The molecule has 0 spiro atoms. The van der Waals surface area contributed by atoms with Crippen molar-refractivity contribution in [2.75, 3.05) is 13.2 Å². The molecule has 0 amide bonds. The summed E-state index contributed by atoms with van der Waals surface area (Å²) in [6.07, 6.45) is 28.2. The molecule has 0 aromatic heterocycles. The van der Waals surface area contributed by atoms with Gasteiger partial charge in [-0.15, -0.1) is 0 Å². The Kier molecular flexibility index (Phi) is 23.9. The van der Waals surface area contributed by atoms with Crippen molar-refractivity contribution in [1.82, 2.24) is 0 Å². The van der Waals surface area contributed by atoms with Crippen LogP contribution in [-0.4, -0.2) is 13.2 Å². The quantitative estimate of drug-likeness (QED) is 0.176. The fourth-order valence-corrected chi connectivity index (χ4v) is 3.49. The fraction of sp³-hybridized carbons (Fsp3) is 1.00. The van der Waals surface area contributed by atoms with E-state index in [1.54, 1.807) is 0 Å². The van der Waals surface area contributed by atoms with Crippen molar-refractivity contribution in [1.29, 1.82) is 0 Å². The summed E-state index contributed by atoms with van der Waals surface area (Å²) in [5, 5.41) is 0. The van der Waals surface area contributed by atoms with Crippen LogP contribution in [0.5, 0.6) is 0 Å². The Morgan fingerprint density at radius 2 is 0.560 bits per heavy atom. The lowest BCUT2D eigenvalue weighted by molar-refractivity contribution is 0.125. The number of unbranched alkanes of at least 4 members (excludes halogenated alkanes) is 18. The van der Waals surface area contributed by atoms with Gasteiger partial charge in [-0.3, -0.25) is 0 Å². The molecule has 1 nitrogen and oxygen atoms in total. The summed E-state index contributed by atoms with van der Waals surface area (Å²) in [7, 11) is 0. The lowest BCUT2D eigenvalue weighted by Gasteiger charge is -2.05. The number of rotatable bonds is 22. The van der Waals surface area contributed by atoms with Crippen LogP contribution in [0, 0.1) is 0 Å². The third-order valence-electron chi connectivity index (χ3n) is 5.28. The van der Waals surface area contributed by atoms with Gasteiger partial charge in [-0.2, -0.15) is 0 Å². The highest BCUT2D eigenvalue weighted by Crippen LogP contribution is 2.12. The molecule has 152 valence electrons. The van der Waals surface area contributed by atoms with Gasteiger partial charge in [0.25, 0.3) is 0 Å². The minimum Gasteiger partial charge on any atom is -0.381 e. The molecule has 25 heavy (non-hydrogen) atoms. The van der Waals surface area contributed by atoms with Crippen molar-refractivity contribution >= 4 is 0 Å². The van der Waals surface area contributed by atoms with Crippen molar-refractivity contribution in [3.8, 4) is 0 Å². The predicted octanol–water partition coefficient (Wildman–Crippen LogP) is 8.84. The van der Waals surface area contributed by atoms with Crippen LogP contribution >= 0.6 is 0 Å². The van der Waals surface area contributed by atoms with Gasteiger partial charge in [0, 0.05) is 13.2 Å². The molecule has 0 aromatic carbocycles. The van der Waals surface area contributed by atoms with Gasteiger partial charge in [0.2, 0.25) is 0 Å². The van der Waals surface area contributed by atoms with Gasteiger partial charge in [-0.05, 0) is 12.8 Å². The van der Waals surface area contributed by atoms with E-state index >= 15 is 0 Å².